The Morgan fingerprint density at radius 2 is 2.12 bits per heavy atom. The molecule has 0 radical (unpaired) electrons. The first-order chi connectivity index (χ1) is 7.84. The van der Waals surface area contributed by atoms with Crippen molar-refractivity contribution in [2.45, 2.75) is 32.4 Å². The van der Waals surface area contributed by atoms with E-state index in [0.29, 0.717) is 13.0 Å². The fourth-order valence-corrected chi connectivity index (χ4v) is 2.23. The number of carbonyl (C=O) groups excluding carboxylic acids is 1. The van der Waals surface area contributed by atoms with Gasteiger partial charge < -0.3 is 20.0 Å². The molecule has 0 bridgehead atoms. The Kier molecular flexibility index (Phi) is 4.34. The summed E-state index contributed by atoms with van der Waals surface area (Å²) in [6.45, 7) is 4.07. The summed E-state index contributed by atoms with van der Waals surface area (Å²) in [6.07, 6.45) is -0.0952. The van der Waals surface area contributed by atoms with Gasteiger partial charge in [-0.25, -0.2) is 4.79 Å². The molecule has 0 aromatic carbocycles. The van der Waals surface area contributed by atoms with Crippen molar-refractivity contribution in [1.29, 1.82) is 0 Å². The summed E-state index contributed by atoms with van der Waals surface area (Å²) in [5.41, 5.74) is 0. The van der Waals surface area contributed by atoms with E-state index < -0.39 is 18.0 Å². The fourth-order valence-electron chi connectivity index (χ4n) is 2.23. The number of amides is 2. The van der Waals surface area contributed by atoms with E-state index in [1.54, 1.807) is 25.8 Å². The highest BCUT2D eigenvalue weighted by Gasteiger charge is 2.39. The predicted molar refractivity (Wildman–Crippen MR) is 61.6 cm³/mol. The zero-order valence-corrected chi connectivity index (χ0v) is 10.5. The minimum absolute atomic E-state index is 0.220. The standard InChI is InChI=1S/C11H20N2O4/c1-7(14)6-12(3)11(17)13-5-4-9(8(13)2)10(15)16/h7-9,14H,4-6H2,1-3H3,(H,15,16). The van der Waals surface area contributed by atoms with Crippen molar-refractivity contribution >= 4 is 12.0 Å². The van der Waals surface area contributed by atoms with E-state index in [9.17, 15) is 14.7 Å². The molecule has 2 amide bonds. The van der Waals surface area contributed by atoms with Crippen LogP contribution in [0.4, 0.5) is 4.79 Å². The summed E-state index contributed by atoms with van der Waals surface area (Å²) in [4.78, 5) is 25.9. The van der Waals surface area contributed by atoms with Gasteiger partial charge in [-0.2, -0.15) is 0 Å². The maximum Gasteiger partial charge on any atom is 0.320 e. The van der Waals surface area contributed by atoms with Crippen molar-refractivity contribution in [2.24, 2.45) is 5.92 Å². The van der Waals surface area contributed by atoms with E-state index >= 15 is 0 Å². The zero-order valence-electron chi connectivity index (χ0n) is 10.5. The summed E-state index contributed by atoms with van der Waals surface area (Å²) in [6, 6.07) is -0.515. The Balaban J connectivity index is 2.62. The zero-order chi connectivity index (χ0) is 13.2. The number of urea groups is 1. The van der Waals surface area contributed by atoms with Gasteiger partial charge in [0.05, 0.1) is 12.0 Å². The summed E-state index contributed by atoms with van der Waals surface area (Å²) < 4.78 is 0. The first-order valence-electron chi connectivity index (χ1n) is 5.77. The highest BCUT2D eigenvalue weighted by atomic mass is 16.4. The van der Waals surface area contributed by atoms with E-state index in [-0.39, 0.29) is 18.6 Å². The molecule has 2 N–H and O–H groups in total. The van der Waals surface area contributed by atoms with Crippen molar-refractivity contribution in [2.75, 3.05) is 20.1 Å². The van der Waals surface area contributed by atoms with E-state index in [2.05, 4.69) is 0 Å². The second-order valence-electron chi connectivity index (χ2n) is 4.68. The van der Waals surface area contributed by atoms with Crippen molar-refractivity contribution in [3.63, 3.8) is 0 Å². The number of rotatable bonds is 3. The number of hydrogen-bond acceptors (Lipinski definition) is 3. The van der Waals surface area contributed by atoms with Crippen molar-refractivity contribution in [3.8, 4) is 0 Å². The van der Waals surface area contributed by atoms with Crippen molar-refractivity contribution in [3.05, 3.63) is 0 Å². The molecule has 0 aliphatic carbocycles. The molecule has 6 heteroatoms. The lowest BCUT2D eigenvalue weighted by Crippen LogP contribution is -2.46. The summed E-state index contributed by atoms with van der Waals surface area (Å²) >= 11 is 0. The number of aliphatic carboxylic acids is 1. The lowest BCUT2D eigenvalue weighted by atomic mass is 10.0. The summed E-state index contributed by atoms with van der Waals surface area (Å²) in [5.74, 6) is -1.34. The molecule has 0 spiro atoms. The lowest BCUT2D eigenvalue weighted by molar-refractivity contribution is -0.142. The first kappa shape index (κ1) is 13.8. The van der Waals surface area contributed by atoms with Gasteiger partial charge in [-0.15, -0.1) is 0 Å². The first-order valence-corrected chi connectivity index (χ1v) is 5.77. The largest absolute Gasteiger partial charge is 0.481 e. The third kappa shape index (κ3) is 3.09. The normalized spacial score (nSPS) is 25.8. The maximum atomic E-state index is 12.0. The van der Waals surface area contributed by atoms with Gasteiger partial charge in [0.2, 0.25) is 0 Å². The molecular weight excluding hydrogens is 224 g/mol. The molecule has 1 rings (SSSR count). The van der Waals surface area contributed by atoms with Gasteiger partial charge in [-0.3, -0.25) is 4.79 Å². The topological polar surface area (TPSA) is 81.1 Å². The Morgan fingerprint density at radius 3 is 2.53 bits per heavy atom. The fraction of sp³-hybridized carbons (Fsp3) is 0.818. The lowest BCUT2D eigenvalue weighted by Gasteiger charge is -2.29. The highest BCUT2D eigenvalue weighted by molar-refractivity contribution is 5.78. The smallest absolute Gasteiger partial charge is 0.320 e. The van der Waals surface area contributed by atoms with Crippen LogP contribution in [0.1, 0.15) is 20.3 Å². The van der Waals surface area contributed by atoms with Crippen molar-refractivity contribution < 1.29 is 19.8 Å². The highest BCUT2D eigenvalue weighted by Crippen LogP contribution is 2.25. The Hall–Kier alpha value is -1.30. The number of carboxylic acids is 1. The Bertz CT molecular complexity index is 306. The molecule has 0 aromatic rings. The number of carbonyl (C=O) groups is 2. The molecule has 3 unspecified atom stereocenters. The van der Waals surface area contributed by atoms with Crippen LogP contribution >= 0.6 is 0 Å². The van der Waals surface area contributed by atoms with Gasteiger partial charge in [0.15, 0.2) is 0 Å². The maximum absolute atomic E-state index is 12.0. The van der Waals surface area contributed by atoms with Crippen LogP contribution in [0.2, 0.25) is 0 Å². The van der Waals surface area contributed by atoms with Crippen LogP contribution in [0.15, 0.2) is 0 Å². The van der Waals surface area contributed by atoms with Gasteiger partial charge in [0, 0.05) is 26.2 Å². The van der Waals surface area contributed by atoms with E-state index in [0.717, 1.165) is 0 Å². The van der Waals surface area contributed by atoms with Crippen LogP contribution in [0.5, 0.6) is 0 Å². The molecule has 1 aliphatic rings. The number of carboxylic acid groups (broad SMARTS) is 1. The monoisotopic (exact) mass is 244 g/mol. The predicted octanol–water partition coefficient (Wildman–Crippen LogP) is 0.214. The summed E-state index contributed by atoms with van der Waals surface area (Å²) in [5, 5.41) is 18.2. The van der Waals surface area contributed by atoms with E-state index in [1.807, 2.05) is 0 Å². The molecule has 1 heterocycles. The van der Waals surface area contributed by atoms with Crippen molar-refractivity contribution in [1.82, 2.24) is 9.80 Å². The van der Waals surface area contributed by atoms with Crippen LogP contribution in [0, 0.1) is 5.92 Å². The SMILES string of the molecule is CC(O)CN(C)C(=O)N1CCC(C(=O)O)C1C. The second-order valence-corrected chi connectivity index (χ2v) is 4.68. The summed E-state index contributed by atoms with van der Waals surface area (Å²) in [7, 11) is 1.61. The Morgan fingerprint density at radius 1 is 1.53 bits per heavy atom. The average Bonchev–Trinajstić information content (AvgIpc) is 2.57. The third-order valence-electron chi connectivity index (χ3n) is 3.18. The van der Waals surface area contributed by atoms with Crippen LogP contribution in [-0.4, -0.2) is 64.3 Å². The number of likely N-dealkylation sites (tertiary alicyclic amines) is 1. The number of hydrogen-bond donors (Lipinski definition) is 2. The molecule has 0 saturated carbocycles. The van der Waals surface area contributed by atoms with Gasteiger partial charge in [-0.05, 0) is 20.3 Å². The molecule has 1 saturated heterocycles. The molecule has 17 heavy (non-hydrogen) atoms. The molecule has 3 atom stereocenters. The van der Waals surface area contributed by atoms with Gasteiger partial charge >= 0.3 is 12.0 Å². The second kappa shape index (κ2) is 5.35. The molecular formula is C11H20N2O4. The van der Waals surface area contributed by atoms with Crippen LogP contribution in [-0.2, 0) is 4.79 Å². The number of aliphatic hydroxyl groups is 1. The van der Waals surface area contributed by atoms with Gasteiger partial charge in [-0.1, -0.05) is 0 Å². The molecule has 1 fully saturated rings. The van der Waals surface area contributed by atoms with E-state index in [1.165, 1.54) is 4.90 Å². The number of aliphatic hydroxyl groups excluding tert-OH is 1. The molecule has 98 valence electrons. The minimum Gasteiger partial charge on any atom is -0.481 e. The molecule has 6 nitrogen and oxygen atoms in total. The van der Waals surface area contributed by atoms with Crippen LogP contribution in [0.25, 0.3) is 0 Å². The number of nitrogens with zero attached hydrogens (tertiary/aromatic N) is 2. The molecule has 0 aromatic heterocycles. The third-order valence-corrected chi connectivity index (χ3v) is 3.18. The average molecular weight is 244 g/mol. The van der Waals surface area contributed by atoms with Crippen LogP contribution in [0.3, 0.4) is 0 Å². The van der Waals surface area contributed by atoms with Gasteiger partial charge in [0.25, 0.3) is 0 Å². The Labute approximate surface area is 101 Å². The minimum atomic E-state index is -0.856. The van der Waals surface area contributed by atoms with E-state index in [4.69, 9.17) is 5.11 Å². The number of likely N-dealkylation sites (N-methyl/N-ethyl adjacent to an activating group) is 1. The molecule has 1 aliphatic heterocycles. The van der Waals surface area contributed by atoms with Crippen LogP contribution < -0.4 is 0 Å². The van der Waals surface area contributed by atoms with Gasteiger partial charge in [0.1, 0.15) is 0 Å². The quantitative estimate of drug-likeness (QED) is 0.744.